The van der Waals surface area contributed by atoms with Crippen LogP contribution < -0.4 is 10.1 Å². The standard InChI is InChI=1S/C21H28N2O6/c1-2-28-18(25)15-7-9-17(10-8-15)29-14-16(24)13-23-19(26)21(22-20(23)27)11-5-3-4-6-12-21/h7-10,16,24H,2-6,11-14H2,1H3,(H,22,27). The number of hydrogen-bond donors (Lipinski definition) is 2. The van der Waals surface area contributed by atoms with Crippen molar-refractivity contribution in [2.45, 2.75) is 57.1 Å². The van der Waals surface area contributed by atoms with Crippen LogP contribution in [-0.4, -0.2) is 59.3 Å². The predicted octanol–water partition coefficient (Wildman–Crippen LogP) is 2.25. The van der Waals surface area contributed by atoms with Crippen LogP contribution in [0.2, 0.25) is 0 Å². The number of aliphatic hydroxyl groups excluding tert-OH is 1. The van der Waals surface area contributed by atoms with E-state index in [-0.39, 0.29) is 19.1 Å². The van der Waals surface area contributed by atoms with Crippen LogP contribution in [0.15, 0.2) is 24.3 Å². The summed E-state index contributed by atoms with van der Waals surface area (Å²) in [6.07, 6.45) is 4.23. The Bertz CT molecular complexity index is 740. The second-order valence-corrected chi connectivity index (χ2v) is 7.55. The van der Waals surface area contributed by atoms with Crippen LogP contribution in [0.25, 0.3) is 0 Å². The minimum absolute atomic E-state index is 0.0805. The van der Waals surface area contributed by atoms with Crippen molar-refractivity contribution in [2.24, 2.45) is 0 Å². The van der Waals surface area contributed by atoms with E-state index in [4.69, 9.17) is 9.47 Å². The molecule has 2 fully saturated rings. The minimum atomic E-state index is -1.02. The fourth-order valence-corrected chi connectivity index (χ4v) is 3.87. The maximum absolute atomic E-state index is 12.9. The van der Waals surface area contributed by atoms with Crippen LogP contribution in [0.4, 0.5) is 4.79 Å². The molecule has 8 heteroatoms. The molecule has 0 aromatic heterocycles. The molecular formula is C21H28N2O6. The third-order valence-electron chi connectivity index (χ3n) is 5.40. The number of nitrogens with one attached hydrogen (secondary N) is 1. The van der Waals surface area contributed by atoms with Crippen molar-refractivity contribution in [3.05, 3.63) is 29.8 Å². The fraction of sp³-hybridized carbons (Fsp3) is 0.571. The van der Waals surface area contributed by atoms with E-state index in [2.05, 4.69) is 5.32 Å². The molecule has 1 saturated carbocycles. The number of rotatable bonds is 7. The fourth-order valence-electron chi connectivity index (χ4n) is 3.87. The van der Waals surface area contributed by atoms with E-state index in [9.17, 15) is 19.5 Å². The first kappa shape index (κ1) is 21.1. The number of hydrogen-bond acceptors (Lipinski definition) is 6. The Morgan fingerprint density at radius 3 is 2.45 bits per heavy atom. The monoisotopic (exact) mass is 404 g/mol. The largest absolute Gasteiger partial charge is 0.491 e. The molecule has 2 N–H and O–H groups in total. The first-order valence-electron chi connectivity index (χ1n) is 10.2. The lowest BCUT2D eigenvalue weighted by Gasteiger charge is -2.25. The average Bonchev–Trinajstić information content (AvgIpc) is 2.87. The minimum Gasteiger partial charge on any atom is -0.491 e. The molecule has 1 atom stereocenters. The zero-order valence-electron chi connectivity index (χ0n) is 16.7. The highest BCUT2D eigenvalue weighted by Gasteiger charge is 2.50. The van der Waals surface area contributed by atoms with Gasteiger partial charge in [-0.3, -0.25) is 9.69 Å². The summed E-state index contributed by atoms with van der Waals surface area (Å²) in [6, 6.07) is 5.91. The summed E-state index contributed by atoms with van der Waals surface area (Å²) in [7, 11) is 0. The second kappa shape index (κ2) is 9.26. The van der Waals surface area contributed by atoms with E-state index in [0.29, 0.717) is 30.8 Å². The highest BCUT2D eigenvalue weighted by atomic mass is 16.5. The molecule has 158 valence electrons. The SMILES string of the molecule is CCOC(=O)c1ccc(OCC(O)CN2C(=O)NC3(CCCCCC3)C2=O)cc1. The first-order valence-corrected chi connectivity index (χ1v) is 10.2. The van der Waals surface area contributed by atoms with Crippen molar-refractivity contribution in [3.8, 4) is 5.75 Å². The summed E-state index contributed by atoms with van der Waals surface area (Å²) >= 11 is 0. The Kier molecular flexibility index (Phi) is 6.74. The van der Waals surface area contributed by atoms with Crippen LogP contribution in [0.3, 0.4) is 0 Å². The Morgan fingerprint density at radius 1 is 1.17 bits per heavy atom. The molecule has 0 bridgehead atoms. The Morgan fingerprint density at radius 2 is 1.83 bits per heavy atom. The summed E-state index contributed by atoms with van der Waals surface area (Å²) in [5.74, 6) is -0.193. The van der Waals surface area contributed by atoms with Crippen LogP contribution in [-0.2, 0) is 9.53 Å². The Hall–Kier alpha value is -2.61. The van der Waals surface area contributed by atoms with Gasteiger partial charge in [-0.15, -0.1) is 0 Å². The zero-order chi connectivity index (χ0) is 20.9. The smallest absolute Gasteiger partial charge is 0.338 e. The molecule has 1 saturated heterocycles. The van der Waals surface area contributed by atoms with E-state index in [1.807, 2.05) is 0 Å². The maximum Gasteiger partial charge on any atom is 0.338 e. The third-order valence-corrected chi connectivity index (χ3v) is 5.40. The van der Waals surface area contributed by atoms with Crippen molar-refractivity contribution in [3.63, 3.8) is 0 Å². The highest BCUT2D eigenvalue weighted by molar-refractivity contribution is 6.07. The summed E-state index contributed by atoms with van der Waals surface area (Å²) in [6.45, 7) is 1.84. The van der Waals surface area contributed by atoms with Gasteiger partial charge in [0.05, 0.1) is 18.7 Å². The van der Waals surface area contributed by atoms with Gasteiger partial charge in [0.1, 0.15) is 24.0 Å². The molecule has 3 rings (SSSR count). The molecule has 0 radical (unpaired) electrons. The number of β-amino-alcohol motifs (C(OH)–C–C–N with tert-alkyl or cyclic N) is 1. The first-order chi connectivity index (χ1) is 13.9. The summed E-state index contributed by atoms with van der Waals surface area (Å²) in [5.41, 5.74) is -0.398. The van der Waals surface area contributed by atoms with E-state index in [0.717, 1.165) is 30.6 Å². The molecule has 1 spiro atoms. The van der Waals surface area contributed by atoms with Crippen LogP contribution in [0.5, 0.6) is 5.75 Å². The topological polar surface area (TPSA) is 105 Å². The predicted molar refractivity (Wildman–Crippen MR) is 105 cm³/mol. The molecule has 1 aliphatic carbocycles. The van der Waals surface area contributed by atoms with Gasteiger partial charge in [0.2, 0.25) is 0 Å². The number of imide groups is 1. The maximum atomic E-state index is 12.9. The molecule has 2 aliphatic rings. The Labute approximate surface area is 170 Å². The summed E-state index contributed by atoms with van der Waals surface area (Å²) < 4.78 is 10.4. The zero-order valence-corrected chi connectivity index (χ0v) is 16.7. The van der Waals surface area contributed by atoms with Gasteiger partial charge in [-0.05, 0) is 44.0 Å². The number of amides is 3. The van der Waals surface area contributed by atoms with E-state index >= 15 is 0 Å². The summed E-state index contributed by atoms with van der Waals surface area (Å²) in [5, 5.41) is 13.1. The van der Waals surface area contributed by atoms with Crippen molar-refractivity contribution < 1.29 is 29.0 Å². The molecule has 1 aromatic carbocycles. The lowest BCUT2D eigenvalue weighted by molar-refractivity contribution is -0.132. The van der Waals surface area contributed by atoms with Crippen LogP contribution >= 0.6 is 0 Å². The number of esters is 1. The number of nitrogens with zero attached hydrogens (tertiary/aromatic N) is 1. The number of carbonyl (C=O) groups excluding carboxylic acids is 3. The lowest BCUT2D eigenvalue weighted by atomic mass is 9.90. The van der Waals surface area contributed by atoms with Gasteiger partial charge < -0.3 is 19.9 Å². The number of benzene rings is 1. The van der Waals surface area contributed by atoms with Gasteiger partial charge >= 0.3 is 12.0 Å². The van der Waals surface area contributed by atoms with Crippen molar-refractivity contribution in [1.29, 1.82) is 0 Å². The third kappa shape index (κ3) is 4.87. The van der Waals surface area contributed by atoms with Crippen molar-refractivity contribution in [2.75, 3.05) is 19.8 Å². The normalized spacial score (nSPS) is 19.6. The molecular weight excluding hydrogens is 376 g/mol. The quantitative estimate of drug-likeness (QED) is 0.533. The van der Waals surface area contributed by atoms with Gasteiger partial charge in [0, 0.05) is 0 Å². The molecule has 3 amide bonds. The van der Waals surface area contributed by atoms with Crippen molar-refractivity contribution >= 4 is 17.9 Å². The number of urea groups is 1. The highest BCUT2D eigenvalue weighted by Crippen LogP contribution is 2.32. The summed E-state index contributed by atoms with van der Waals surface area (Å²) in [4.78, 5) is 37.9. The van der Waals surface area contributed by atoms with Crippen LogP contribution in [0, 0.1) is 0 Å². The second-order valence-electron chi connectivity index (χ2n) is 7.55. The van der Waals surface area contributed by atoms with E-state index in [1.54, 1.807) is 31.2 Å². The Balaban J connectivity index is 1.52. The van der Waals surface area contributed by atoms with E-state index in [1.165, 1.54) is 0 Å². The van der Waals surface area contributed by atoms with Gasteiger partial charge in [0.25, 0.3) is 5.91 Å². The number of aliphatic hydroxyl groups is 1. The molecule has 1 heterocycles. The molecule has 1 unspecified atom stereocenters. The number of carbonyl (C=O) groups is 3. The lowest BCUT2D eigenvalue weighted by Crippen LogP contribution is -2.47. The molecule has 1 aliphatic heterocycles. The van der Waals surface area contributed by atoms with E-state index < -0.39 is 23.6 Å². The van der Waals surface area contributed by atoms with Crippen molar-refractivity contribution in [1.82, 2.24) is 10.2 Å². The van der Waals surface area contributed by atoms with Gasteiger partial charge in [-0.25, -0.2) is 9.59 Å². The van der Waals surface area contributed by atoms with Gasteiger partial charge in [-0.2, -0.15) is 0 Å². The average molecular weight is 404 g/mol. The van der Waals surface area contributed by atoms with Crippen LogP contribution in [0.1, 0.15) is 55.8 Å². The molecule has 1 aromatic rings. The molecule has 29 heavy (non-hydrogen) atoms. The van der Waals surface area contributed by atoms with Gasteiger partial charge in [-0.1, -0.05) is 25.7 Å². The number of ether oxygens (including phenoxy) is 2. The van der Waals surface area contributed by atoms with Gasteiger partial charge in [0.15, 0.2) is 0 Å². The molecule has 8 nitrogen and oxygen atoms in total.